The van der Waals surface area contributed by atoms with E-state index in [2.05, 4.69) is 10.6 Å². The van der Waals surface area contributed by atoms with Gasteiger partial charge in [0.15, 0.2) is 0 Å². The summed E-state index contributed by atoms with van der Waals surface area (Å²) in [5.74, 6) is -0.345. The highest BCUT2D eigenvalue weighted by Gasteiger charge is 2.07. The van der Waals surface area contributed by atoms with E-state index in [4.69, 9.17) is 11.6 Å². The van der Waals surface area contributed by atoms with Crippen molar-refractivity contribution in [2.45, 2.75) is 19.8 Å². The molecule has 4 nitrogen and oxygen atoms in total. The lowest BCUT2D eigenvalue weighted by Crippen LogP contribution is -2.21. The fourth-order valence-electron chi connectivity index (χ4n) is 1.29. The molecule has 17 heavy (non-hydrogen) atoms. The maximum atomic E-state index is 11.6. The van der Waals surface area contributed by atoms with Crippen LogP contribution in [0, 0.1) is 6.92 Å². The standard InChI is InChI=1S/C12H15ClN2O2/c1-8-3-4-9(13)7-10(8)15-12(17)6-5-11(16)14-2/h3-4,7H,5-6H2,1-2H3,(H,14,16)(H,15,17). The normalized spacial score (nSPS) is 9.82. The zero-order valence-electron chi connectivity index (χ0n) is 9.84. The van der Waals surface area contributed by atoms with Crippen LogP contribution in [0.2, 0.25) is 5.02 Å². The van der Waals surface area contributed by atoms with Gasteiger partial charge in [0.05, 0.1) is 0 Å². The molecule has 0 bridgehead atoms. The van der Waals surface area contributed by atoms with Crippen molar-refractivity contribution in [1.82, 2.24) is 5.32 Å². The number of hydrogen-bond acceptors (Lipinski definition) is 2. The first-order valence-corrected chi connectivity index (χ1v) is 5.67. The fourth-order valence-corrected chi connectivity index (χ4v) is 1.47. The highest BCUT2D eigenvalue weighted by atomic mass is 35.5. The third-order valence-electron chi connectivity index (χ3n) is 2.33. The van der Waals surface area contributed by atoms with Gasteiger partial charge in [-0.2, -0.15) is 0 Å². The molecule has 0 aromatic heterocycles. The number of anilines is 1. The number of carbonyl (C=O) groups is 2. The molecule has 1 rings (SSSR count). The molecule has 1 aromatic carbocycles. The Morgan fingerprint density at radius 3 is 2.53 bits per heavy atom. The quantitative estimate of drug-likeness (QED) is 0.865. The molecular formula is C12H15ClN2O2. The van der Waals surface area contributed by atoms with Crippen molar-refractivity contribution in [3.63, 3.8) is 0 Å². The predicted octanol–water partition coefficient (Wildman–Crippen LogP) is 2.11. The maximum Gasteiger partial charge on any atom is 0.224 e. The van der Waals surface area contributed by atoms with Gasteiger partial charge in [0.2, 0.25) is 11.8 Å². The SMILES string of the molecule is CNC(=O)CCC(=O)Nc1cc(Cl)ccc1C. The average Bonchev–Trinajstić information content (AvgIpc) is 2.30. The Morgan fingerprint density at radius 2 is 1.88 bits per heavy atom. The fraction of sp³-hybridized carbons (Fsp3) is 0.333. The van der Waals surface area contributed by atoms with E-state index < -0.39 is 0 Å². The van der Waals surface area contributed by atoms with Crippen LogP contribution in [0.3, 0.4) is 0 Å². The Kier molecular flexibility index (Phi) is 4.97. The van der Waals surface area contributed by atoms with Crippen LogP contribution >= 0.6 is 11.6 Å². The van der Waals surface area contributed by atoms with Gasteiger partial charge in [-0.15, -0.1) is 0 Å². The van der Waals surface area contributed by atoms with E-state index in [1.807, 2.05) is 13.0 Å². The number of hydrogen-bond donors (Lipinski definition) is 2. The maximum absolute atomic E-state index is 11.6. The number of carbonyl (C=O) groups excluding carboxylic acids is 2. The molecule has 0 atom stereocenters. The molecule has 5 heteroatoms. The average molecular weight is 255 g/mol. The minimum absolute atomic E-state index is 0.150. The van der Waals surface area contributed by atoms with Crippen molar-refractivity contribution in [3.05, 3.63) is 28.8 Å². The Balaban J connectivity index is 2.56. The summed E-state index contributed by atoms with van der Waals surface area (Å²) in [6.45, 7) is 1.88. The van der Waals surface area contributed by atoms with Crippen LogP contribution in [0.5, 0.6) is 0 Å². The van der Waals surface area contributed by atoms with Crippen LogP contribution < -0.4 is 10.6 Å². The lowest BCUT2D eigenvalue weighted by molar-refractivity contribution is -0.124. The van der Waals surface area contributed by atoms with E-state index in [0.29, 0.717) is 10.7 Å². The lowest BCUT2D eigenvalue weighted by Gasteiger charge is -2.08. The van der Waals surface area contributed by atoms with Gasteiger partial charge in [-0.1, -0.05) is 17.7 Å². The molecule has 0 aliphatic carbocycles. The molecule has 2 N–H and O–H groups in total. The van der Waals surface area contributed by atoms with E-state index >= 15 is 0 Å². The van der Waals surface area contributed by atoms with Gasteiger partial charge in [-0.25, -0.2) is 0 Å². The van der Waals surface area contributed by atoms with E-state index in [9.17, 15) is 9.59 Å². The van der Waals surface area contributed by atoms with Crippen molar-refractivity contribution >= 4 is 29.1 Å². The van der Waals surface area contributed by atoms with Crippen molar-refractivity contribution in [1.29, 1.82) is 0 Å². The number of rotatable bonds is 4. The highest BCUT2D eigenvalue weighted by molar-refractivity contribution is 6.31. The third-order valence-corrected chi connectivity index (χ3v) is 2.57. The molecule has 1 aromatic rings. The van der Waals surface area contributed by atoms with Crippen molar-refractivity contribution < 1.29 is 9.59 Å². The Morgan fingerprint density at radius 1 is 1.24 bits per heavy atom. The number of nitrogens with one attached hydrogen (secondary N) is 2. The molecule has 0 aliphatic rings. The summed E-state index contributed by atoms with van der Waals surface area (Å²) in [6.07, 6.45) is 0.341. The summed E-state index contributed by atoms with van der Waals surface area (Å²) in [5, 5.41) is 5.76. The minimum atomic E-state index is -0.195. The first kappa shape index (κ1) is 13.5. The third kappa shape index (κ3) is 4.44. The van der Waals surface area contributed by atoms with Gasteiger partial charge in [0, 0.05) is 30.6 Å². The summed E-state index contributed by atoms with van der Waals surface area (Å²) in [7, 11) is 1.54. The number of amides is 2. The van der Waals surface area contributed by atoms with E-state index in [1.165, 1.54) is 0 Å². The number of halogens is 1. The molecule has 0 fully saturated rings. The second-order valence-electron chi connectivity index (χ2n) is 3.68. The molecule has 0 saturated carbocycles. The summed E-state index contributed by atoms with van der Waals surface area (Å²) in [6, 6.07) is 5.28. The summed E-state index contributed by atoms with van der Waals surface area (Å²) in [5.41, 5.74) is 1.61. The second-order valence-corrected chi connectivity index (χ2v) is 4.12. The second kappa shape index (κ2) is 6.25. The van der Waals surface area contributed by atoms with Crippen LogP contribution in [0.15, 0.2) is 18.2 Å². The molecule has 92 valence electrons. The van der Waals surface area contributed by atoms with Crippen molar-refractivity contribution in [2.24, 2.45) is 0 Å². The van der Waals surface area contributed by atoms with Crippen LogP contribution in [0.25, 0.3) is 0 Å². The molecule has 0 aliphatic heterocycles. The summed E-state index contributed by atoms with van der Waals surface area (Å²) in [4.78, 5) is 22.5. The first-order chi connectivity index (χ1) is 8.02. The first-order valence-electron chi connectivity index (χ1n) is 5.29. The molecule has 0 radical (unpaired) electrons. The van der Waals surface area contributed by atoms with Gasteiger partial charge in [-0.3, -0.25) is 9.59 Å². The summed E-state index contributed by atoms with van der Waals surface area (Å²) >= 11 is 5.83. The Hall–Kier alpha value is -1.55. The smallest absolute Gasteiger partial charge is 0.224 e. The van der Waals surface area contributed by atoms with Gasteiger partial charge < -0.3 is 10.6 Å². The van der Waals surface area contributed by atoms with Gasteiger partial charge in [0.1, 0.15) is 0 Å². The predicted molar refractivity (Wildman–Crippen MR) is 68.1 cm³/mol. The van der Waals surface area contributed by atoms with Crippen molar-refractivity contribution in [3.8, 4) is 0 Å². The van der Waals surface area contributed by atoms with Crippen LogP contribution in [0.1, 0.15) is 18.4 Å². The number of aryl methyl sites for hydroxylation is 1. The van der Waals surface area contributed by atoms with Gasteiger partial charge in [-0.05, 0) is 24.6 Å². The monoisotopic (exact) mass is 254 g/mol. The van der Waals surface area contributed by atoms with Gasteiger partial charge >= 0.3 is 0 Å². The number of benzene rings is 1. The highest BCUT2D eigenvalue weighted by Crippen LogP contribution is 2.20. The van der Waals surface area contributed by atoms with Crippen LogP contribution in [0.4, 0.5) is 5.69 Å². The zero-order chi connectivity index (χ0) is 12.8. The molecule has 0 spiro atoms. The van der Waals surface area contributed by atoms with Crippen molar-refractivity contribution in [2.75, 3.05) is 12.4 Å². The summed E-state index contributed by atoms with van der Waals surface area (Å²) < 4.78 is 0. The topological polar surface area (TPSA) is 58.2 Å². The largest absolute Gasteiger partial charge is 0.359 e. The molecule has 0 heterocycles. The molecule has 0 saturated heterocycles. The van der Waals surface area contributed by atoms with Crippen LogP contribution in [-0.2, 0) is 9.59 Å². The molecular weight excluding hydrogens is 240 g/mol. The lowest BCUT2D eigenvalue weighted by atomic mass is 10.2. The zero-order valence-corrected chi connectivity index (χ0v) is 10.6. The van der Waals surface area contributed by atoms with Crippen LogP contribution in [-0.4, -0.2) is 18.9 Å². The Labute approximate surface area is 105 Å². The molecule has 0 unspecified atom stereocenters. The van der Waals surface area contributed by atoms with E-state index in [-0.39, 0.29) is 24.7 Å². The van der Waals surface area contributed by atoms with E-state index in [1.54, 1.807) is 19.2 Å². The van der Waals surface area contributed by atoms with E-state index in [0.717, 1.165) is 5.56 Å². The minimum Gasteiger partial charge on any atom is -0.359 e. The molecule has 2 amide bonds. The Bertz CT molecular complexity index is 433. The van der Waals surface area contributed by atoms with Gasteiger partial charge in [0.25, 0.3) is 0 Å².